The lowest BCUT2D eigenvalue weighted by molar-refractivity contribution is -0.217. The largest absolute Gasteiger partial charge is 0.748 e. The van der Waals surface area contributed by atoms with E-state index in [4.69, 9.17) is 24.1 Å². The van der Waals surface area contributed by atoms with Crippen molar-refractivity contribution in [3.8, 4) is 5.75 Å². The number of carbonyl (C=O) groups excluding carboxylic acids is 4. The summed E-state index contributed by atoms with van der Waals surface area (Å²) < 4.78 is 94.2. The zero-order valence-corrected chi connectivity index (χ0v) is 57.6. The molecule has 0 amide bonds. The molecule has 18 heteroatoms. The van der Waals surface area contributed by atoms with Gasteiger partial charge in [-0.3, -0.25) is 24.2 Å². The summed E-state index contributed by atoms with van der Waals surface area (Å²) in [6.07, 6.45) is 15.6. The van der Waals surface area contributed by atoms with E-state index in [1.165, 1.54) is 54.8 Å². The molecular weight excluding hydrogens is 1200 g/mol. The monoisotopic (exact) mass is 1300 g/mol. The van der Waals surface area contributed by atoms with Crippen LogP contribution in [-0.4, -0.2) is 70.5 Å². The van der Waals surface area contributed by atoms with Crippen molar-refractivity contribution in [3.63, 3.8) is 0 Å². The van der Waals surface area contributed by atoms with Gasteiger partial charge in [-0.2, -0.15) is 0 Å². The Morgan fingerprint density at radius 1 is 0.637 bits per heavy atom. The van der Waals surface area contributed by atoms with E-state index >= 15 is 0 Å². The van der Waals surface area contributed by atoms with Gasteiger partial charge in [-0.1, -0.05) is 46.8 Å². The highest BCUT2D eigenvalue weighted by Crippen LogP contribution is 2.63. The van der Waals surface area contributed by atoms with Crippen molar-refractivity contribution in [1.29, 1.82) is 0 Å². The lowest BCUT2D eigenvalue weighted by atomic mass is 9.48. The molecule has 0 spiro atoms. The number of aromatic hydroxyl groups is 1. The molecular formula is C73H98F3NO12S2. The van der Waals surface area contributed by atoms with Gasteiger partial charge in [0.1, 0.15) is 46.6 Å². The summed E-state index contributed by atoms with van der Waals surface area (Å²) >= 11 is 0. The molecule has 5 fully saturated rings. The van der Waals surface area contributed by atoms with Crippen molar-refractivity contribution in [3.05, 3.63) is 150 Å². The van der Waals surface area contributed by atoms with Crippen LogP contribution in [0.3, 0.4) is 0 Å². The molecule has 1 N–H and O–H groups in total. The van der Waals surface area contributed by atoms with Gasteiger partial charge in [0.15, 0.2) is 14.7 Å². The molecule has 91 heavy (non-hydrogen) atoms. The molecule has 1 heterocycles. The van der Waals surface area contributed by atoms with Crippen LogP contribution in [0.2, 0.25) is 0 Å². The maximum atomic E-state index is 13.2. The number of benzene rings is 4. The van der Waals surface area contributed by atoms with Gasteiger partial charge < -0.3 is 28.6 Å². The molecule has 13 nitrogen and oxygen atoms in total. The van der Waals surface area contributed by atoms with E-state index in [0.717, 1.165) is 71.6 Å². The van der Waals surface area contributed by atoms with E-state index in [1.807, 2.05) is 100 Å². The fourth-order valence-corrected chi connectivity index (χ4v) is 14.0. The Balaban J connectivity index is 0.000000214. The van der Waals surface area contributed by atoms with Crippen LogP contribution in [0.1, 0.15) is 204 Å². The molecule has 4 aromatic carbocycles. The summed E-state index contributed by atoms with van der Waals surface area (Å²) in [6.45, 7) is 27.2. The third-order valence-electron chi connectivity index (χ3n) is 18.6. The quantitative estimate of drug-likeness (QED) is 0.0355. The van der Waals surface area contributed by atoms with Crippen molar-refractivity contribution >= 4 is 44.9 Å². The Kier molecular flexibility index (Phi) is 26.6. The number of rotatable bonds is 19. The van der Waals surface area contributed by atoms with Crippen molar-refractivity contribution in [2.45, 2.75) is 224 Å². The first kappa shape index (κ1) is 75.5. The van der Waals surface area contributed by atoms with E-state index in [9.17, 15) is 45.3 Å². The van der Waals surface area contributed by atoms with Crippen LogP contribution in [0.15, 0.2) is 136 Å². The van der Waals surface area contributed by atoms with Crippen LogP contribution in [0.25, 0.3) is 0 Å². The number of pyridine rings is 1. The maximum absolute atomic E-state index is 13.2. The van der Waals surface area contributed by atoms with Crippen molar-refractivity contribution in [1.82, 2.24) is 4.98 Å². The van der Waals surface area contributed by atoms with E-state index in [0.29, 0.717) is 49.2 Å². The van der Waals surface area contributed by atoms with Gasteiger partial charge in [0.25, 0.3) is 0 Å². The third kappa shape index (κ3) is 21.9. The average Bonchev–Trinajstić information content (AvgIpc) is 0.944. The predicted octanol–water partition coefficient (Wildman–Crippen LogP) is 17.1. The highest BCUT2D eigenvalue weighted by Gasteiger charge is 2.63. The van der Waals surface area contributed by atoms with Gasteiger partial charge >= 0.3 is 23.9 Å². The molecule has 5 aromatic rings. The summed E-state index contributed by atoms with van der Waals surface area (Å²) in [7, 11) is -4.96. The van der Waals surface area contributed by atoms with Crippen molar-refractivity contribution < 1.29 is 69.4 Å². The second kappa shape index (κ2) is 32.1. The smallest absolute Gasteiger partial charge is 0.312 e. The van der Waals surface area contributed by atoms with Crippen LogP contribution in [0.4, 0.5) is 13.2 Å². The predicted molar refractivity (Wildman–Crippen MR) is 348 cm³/mol. The number of nitrogens with zero attached hydrogens (tertiary/aromatic N) is 1. The number of phenols is 1. The van der Waals surface area contributed by atoms with Crippen LogP contribution in [0.5, 0.6) is 5.75 Å². The Morgan fingerprint density at radius 3 is 1.46 bits per heavy atom. The second-order valence-electron chi connectivity index (χ2n) is 27.7. The zero-order chi connectivity index (χ0) is 67.8. The Morgan fingerprint density at radius 2 is 1.05 bits per heavy atom. The molecule has 5 aliphatic rings. The highest BCUT2D eigenvalue weighted by atomic mass is 32.2. The topological polar surface area (TPSA) is 196 Å². The molecule has 0 radical (unpaired) electrons. The molecule has 10 rings (SSSR count). The van der Waals surface area contributed by atoms with E-state index in [1.54, 1.807) is 60.9 Å². The minimum atomic E-state index is -4.42. The second-order valence-corrected chi connectivity index (χ2v) is 31.2. The minimum Gasteiger partial charge on any atom is -0.748 e. The van der Waals surface area contributed by atoms with Gasteiger partial charge in [0, 0.05) is 18.8 Å². The van der Waals surface area contributed by atoms with Crippen molar-refractivity contribution in [2.24, 2.45) is 33.5 Å². The number of hydrogen-bond donors (Lipinski definition) is 1. The molecule has 5 aliphatic carbocycles. The maximum Gasteiger partial charge on any atom is 0.312 e. The molecule has 0 saturated heterocycles. The first-order valence-electron chi connectivity index (χ1n) is 32.0. The standard InChI is InChI=1S/C19H30O7S.C18H12F3S.C14H21NO2.C12H22O2.C10H14O/c1-4-17(2,3)15(20)26-19-10-13-7-14(11-19)9-18(8-13,12-19)16(21)25-5-6-27(22,23)24;19-13-1-7-16(8-2-13)22(17-9-3-14(20)4-10-17)18-11-5-15(21)6-12-18;1-6-13(2,3)12(16)17-14(4,5)11-7-9-15-10-8-11;1-5-11(2,3)10(13)14-12(4)8-6-7-9-12;1-3-8(2)9-4-6-10(11)7-5-9/h13-14H,4-12H2,1-3H3,(H,22,23,24);1-12H;7-10H,6H2,1-5H3;5-9H2,1-4H3;4-8,11H,3H2,1-2H3/q;+1;;;/p-1. The Bertz CT molecular complexity index is 3140. The fourth-order valence-electron chi connectivity index (χ4n) is 11.6. The van der Waals surface area contributed by atoms with Gasteiger partial charge in [-0.15, -0.1) is 0 Å². The number of carbonyl (C=O) groups is 4. The number of esters is 4. The zero-order valence-electron chi connectivity index (χ0n) is 55.9. The molecule has 5 saturated carbocycles. The van der Waals surface area contributed by atoms with Crippen LogP contribution < -0.4 is 0 Å². The average molecular weight is 1300 g/mol. The molecule has 3 atom stereocenters. The Labute approximate surface area is 542 Å². The molecule has 1 aromatic heterocycles. The molecule has 500 valence electrons. The lowest BCUT2D eigenvalue weighted by Gasteiger charge is -2.60. The number of ether oxygens (including phenoxy) is 4. The SMILES string of the molecule is CCC(C)(C)C(=O)OC(C)(C)c1ccncc1.CCC(C)(C)C(=O)OC1(C)CCCC1.CCC(C)(C)C(=O)OC12CC3CC(C1)CC(C(=O)OCCS(=O)(=O)[O-])(C3)C2.CCC(C)c1ccc(O)cc1.Fc1ccc([S+](c2ccc(F)cc2)c2ccc(F)cc2)cc1. The van der Waals surface area contributed by atoms with Gasteiger partial charge in [0.2, 0.25) is 0 Å². The van der Waals surface area contributed by atoms with Gasteiger partial charge in [-0.25, -0.2) is 21.6 Å². The summed E-state index contributed by atoms with van der Waals surface area (Å²) in [5.41, 5.74) is -1.24. The number of aromatic nitrogens is 1. The number of halogens is 3. The first-order valence-corrected chi connectivity index (χ1v) is 34.8. The lowest BCUT2D eigenvalue weighted by Crippen LogP contribution is -2.60. The molecule has 4 bridgehead atoms. The number of phenolic OH excluding ortho intramolecular Hbond substituents is 1. The first-order chi connectivity index (χ1) is 42.4. The van der Waals surface area contributed by atoms with Crippen LogP contribution in [-0.2, 0) is 64.7 Å². The van der Waals surface area contributed by atoms with Crippen LogP contribution >= 0.6 is 0 Å². The number of hydrogen-bond acceptors (Lipinski definition) is 13. The molecule has 3 unspecified atom stereocenters. The summed E-state index contributed by atoms with van der Waals surface area (Å²) in [5.74, 6) is -0.991. The van der Waals surface area contributed by atoms with Crippen LogP contribution in [0, 0.1) is 50.9 Å². The van der Waals surface area contributed by atoms with Gasteiger partial charge in [-0.05, 0) is 272 Å². The fraction of sp³-hybridized carbons (Fsp3) is 0.548. The summed E-state index contributed by atoms with van der Waals surface area (Å²) in [4.78, 5) is 56.0. The van der Waals surface area contributed by atoms with Crippen molar-refractivity contribution in [2.75, 3.05) is 12.4 Å². The Hall–Kier alpha value is -6.24. The highest BCUT2D eigenvalue weighted by molar-refractivity contribution is 7.97. The minimum absolute atomic E-state index is 0.0376. The normalized spacial score (nSPS) is 20.1. The van der Waals surface area contributed by atoms with E-state index in [2.05, 4.69) is 25.8 Å². The van der Waals surface area contributed by atoms with Gasteiger partial charge in [0.05, 0.1) is 48.4 Å². The van der Waals surface area contributed by atoms with E-state index in [-0.39, 0.29) is 46.4 Å². The van der Waals surface area contributed by atoms with E-state index < -0.39 is 66.8 Å². The summed E-state index contributed by atoms with van der Waals surface area (Å²) in [5, 5.41) is 9.01. The third-order valence-corrected chi connectivity index (χ3v) is 21.5. The molecule has 0 aliphatic heterocycles. The summed E-state index contributed by atoms with van der Waals surface area (Å²) in [6, 6.07) is 29.7.